The molecule has 0 saturated carbocycles. The van der Waals surface area contributed by atoms with E-state index in [1.54, 1.807) is 43.6 Å². The maximum atomic E-state index is 13.9. The number of para-hydroxylation sites is 1. The van der Waals surface area contributed by atoms with Crippen LogP contribution in [0.1, 0.15) is 40.5 Å². The number of carbonyl (C=O) groups is 6. The van der Waals surface area contributed by atoms with Crippen molar-refractivity contribution in [2.24, 2.45) is 11.8 Å². The third kappa shape index (κ3) is 9.80. The lowest BCUT2D eigenvalue weighted by atomic mass is 10.0. The van der Waals surface area contributed by atoms with Gasteiger partial charge in [0.1, 0.15) is 29.8 Å². The van der Waals surface area contributed by atoms with Crippen molar-refractivity contribution >= 4 is 68.7 Å². The van der Waals surface area contributed by atoms with E-state index in [1.807, 2.05) is 18.2 Å². The van der Waals surface area contributed by atoms with Crippen molar-refractivity contribution in [3.63, 3.8) is 0 Å². The molecule has 2 aliphatic heterocycles. The van der Waals surface area contributed by atoms with E-state index in [-0.39, 0.29) is 29.3 Å². The van der Waals surface area contributed by atoms with Gasteiger partial charge in [-0.2, -0.15) is 4.37 Å². The van der Waals surface area contributed by atoms with E-state index in [0.29, 0.717) is 45.6 Å². The standard InChI is InChI=1S/C37H48FN9O6S/c1-22(2)31(42-30(49)21-40-37(53)41-26-12-7-6-11-25(26)38)34(50)39-20-29(48)43-32(23(3)4)36(52)47-15-9-13-27(47)35(51)46-18-16-45(17-19-46)33-24-10-5-8-14-28(24)54-44-33/h5-8,10-12,14,22-23,27,31-32H,9,13,15-21H2,1-4H3,(H,39,50)(H,42,49)(H,43,48)(H2,40,41,53)/t27-,31-,32-/m0/s1. The molecular weight excluding hydrogens is 718 g/mol. The Morgan fingerprint density at radius 3 is 2.13 bits per heavy atom. The molecule has 5 rings (SSSR count). The quantitative estimate of drug-likeness (QED) is 0.176. The van der Waals surface area contributed by atoms with E-state index in [9.17, 15) is 33.2 Å². The second-order valence-corrected chi connectivity index (χ2v) is 14.9. The molecular formula is C37H48FN9O6S. The van der Waals surface area contributed by atoms with Gasteiger partial charge >= 0.3 is 6.03 Å². The van der Waals surface area contributed by atoms with Crippen molar-refractivity contribution in [3.8, 4) is 0 Å². The number of hydrogen-bond donors (Lipinski definition) is 5. The zero-order valence-electron chi connectivity index (χ0n) is 30.9. The Labute approximate surface area is 317 Å². The van der Waals surface area contributed by atoms with Gasteiger partial charge in [-0.05, 0) is 60.5 Å². The summed E-state index contributed by atoms with van der Waals surface area (Å²) in [6.45, 7) is 8.71. The molecule has 0 radical (unpaired) electrons. The molecule has 2 fully saturated rings. The molecule has 54 heavy (non-hydrogen) atoms. The van der Waals surface area contributed by atoms with Crippen LogP contribution in [0.25, 0.3) is 10.1 Å². The summed E-state index contributed by atoms with van der Waals surface area (Å²) in [6, 6.07) is 10.2. The van der Waals surface area contributed by atoms with Gasteiger partial charge in [0, 0.05) is 38.1 Å². The minimum atomic E-state index is -1.04. The number of anilines is 2. The summed E-state index contributed by atoms with van der Waals surface area (Å²) >= 11 is 1.46. The van der Waals surface area contributed by atoms with Crippen molar-refractivity contribution in [1.82, 2.24) is 35.4 Å². The normalized spacial score (nSPS) is 16.9. The number of piperazine rings is 1. The van der Waals surface area contributed by atoms with Crippen LogP contribution in [-0.4, -0.2) is 114 Å². The Morgan fingerprint density at radius 2 is 1.44 bits per heavy atom. The van der Waals surface area contributed by atoms with E-state index >= 15 is 0 Å². The molecule has 0 unspecified atom stereocenters. The zero-order valence-corrected chi connectivity index (χ0v) is 31.7. The number of carbonyl (C=O) groups excluding carboxylic acids is 6. The molecule has 0 aliphatic carbocycles. The van der Waals surface area contributed by atoms with Gasteiger partial charge in [-0.3, -0.25) is 24.0 Å². The molecule has 17 heteroatoms. The summed E-state index contributed by atoms with van der Waals surface area (Å²) in [5.74, 6) is -2.78. The summed E-state index contributed by atoms with van der Waals surface area (Å²) in [6.07, 6.45) is 1.19. The third-order valence-corrected chi connectivity index (χ3v) is 10.4. The fourth-order valence-corrected chi connectivity index (χ4v) is 7.38. The Bertz CT molecular complexity index is 1850. The first-order valence-corrected chi connectivity index (χ1v) is 19.0. The highest BCUT2D eigenvalue weighted by molar-refractivity contribution is 7.13. The van der Waals surface area contributed by atoms with Crippen LogP contribution in [-0.2, 0) is 24.0 Å². The molecule has 3 atom stereocenters. The average molecular weight is 766 g/mol. The van der Waals surface area contributed by atoms with Crippen molar-refractivity contribution < 1.29 is 33.2 Å². The highest BCUT2D eigenvalue weighted by Gasteiger charge is 2.41. The van der Waals surface area contributed by atoms with Gasteiger partial charge in [0.2, 0.25) is 29.5 Å². The van der Waals surface area contributed by atoms with Crippen molar-refractivity contribution in [2.75, 3.05) is 56.0 Å². The lowest BCUT2D eigenvalue weighted by Gasteiger charge is -2.38. The van der Waals surface area contributed by atoms with E-state index in [0.717, 1.165) is 15.9 Å². The van der Waals surface area contributed by atoms with Crippen molar-refractivity contribution in [1.29, 1.82) is 0 Å². The molecule has 0 bridgehead atoms. The highest BCUT2D eigenvalue weighted by Crippen LogP contribution is 2.30. The van der Waals surface area contributed by atoms with Gasteiger partial charge in [0.25, 0.3) is 0 Å². The maximum Gasteiger partial charge on any atom is 0.319 e. The van der Waals surface area contributed by atoms with E-state index in [2.05, 4.69) is 41.9 Å². The lowest BCUT2D eigenvalue weighted by molar-refractivity contribution is -0.146. The summed E-state index contributed by atoms with van der Waals surface area (Å²) in [5.41, 5.74) is -0.0605. The molecule has 1 aromatic heterocycles. The summed E-state index contributed by atoms with van der Waals surface area (Å²) in [5, 5.41) is 13.5. The second-order valence-electron chi connectivity index (χ2n) is 14.1. The number of urea groups is 1. The van der Waals surface area contributed by atoms with Crippen LogP contribution >= 0.6 is 11.5 Å². The van der Waals surface area contributed by atoms with Crippen LogP contribution in [0.2, 0.25) is 0 Å². The van der Waals surface area contributed by atoms with E-state index < -0.39 is 60.8 Å². The molecule has 2 aromatic carbocycles. The number of aromatic nitrogens is 1. The largest absolute Gasteiger partial charge is 0.352 e. The molecule has 2 aliphatic rings. The first-order valence-electron chi connectivity index (χ1n) is 18.2. The van der Waals surface area contributed by atoms with Gasteiger partial charge in [0.15, 0.2) is 0 Å². The highest BCUT2D eigenvalue weighted by atomic mass is 32.1. The molecule has 5 N–H and O–H groups in total. The lowest BCUT2D eigenvalue weighted by Crippen LogP contribution is -2.58. The summed E-state index contributed by atoms with van der Waals surface area (Å²) < 4.78 is 19.6. The van der Waals surface area contributed by atoms with E-state index in [4.69, 9.17) is 0 Å². The monoisotopic (exact) mass is 765 g/mol. The van der Waals surface area contributed by atoms with Crippen LogP contribution in [0.15, 0.2) is 48.5 Å². The number of nitrogens with one attached hydrogen (secondary N) is 5. The fraction of sp³-hybridized carbons (Fsp3) is 0.486. The van der Waals surface area contributed by atoms with Gasteiger partial charge in [-0.25, -0.2) is 9.18 Å². The number of hydrogen-bond acceptors (Lipinski definition) is 9. The summed E-state index contributed by atoms with van der Waals surface area (Å²) in [7, 11) is 0. The number of likely N-dealkylation sites (tertiary alicyclic amines) is 1. The van der Waals surface area contributed by atoms with Crippen molar-refractivity contribution in [2.45, 2.75) is 58.7 Å². The Balaban J connectivity index is 1.09. The van der Waals surface area contributed by atoms with Crippen LogP contribution in [0.5, 0.6) is 0 Å². The predicted molar refractivity (Wildman–Crippen MR) is 203 cm³/mol. The Hall–Kier alpha value is -5.32. The number of rotatable bonds is 13. The smallest absolute Gasteiger partial charge is 0.319 e. The molecule has 15 nitrogen and oxygen atoms in total. The first-order chi connectivity index (χ1) is 25.8. The van der Waals surface area contributed by atoms with Crippen LogP contribution in [0.3, 0.4) is 0 Å². The third-order valence-electron chi connectivity index (χ3n) is 9.54. The molecule has 3 heterocycles. The maximum absolute atomic E-state index is 13.9. The zero-order chi connectivity index (χ0) is 38.9. The van der Waals surface area contributed by atoms with Crippen molar-refractivity contribution in [3.05, 3.63) is 54.3 Å². The number of halogens is 1. The average Bonchev–Trinajstić information content (AvgIpc) is 3.83. The first kappa shape index (κ1) is 39.9. The van der Waals surface area contributed by atoms with Gasteiger partial charge in [-0.1, -0.05) is 52.0 Å². The second kappa shape index (κ2) is 18.1. The van der Waals surface area contributed by atoms with E-state index in [1.165, 1.54) is 29.7 Å². The van der Waals surface area contributed by atoms with Gasteiger partial charge < -0.3 is 41.3 Å². The van der Waals surface area contributed by atoms with Gasteiger partial charge in [0.05, 0.1) is 23.5 Å². The fourth-order valence-electron chi connectivity index (χ4n) is 6.58. The molecule has 0 spiro atoms. The number of nitrogens with zero attached hydrogens (tertiary/aromatic N) is 4. The Morgan fingerprint density at radius 1 is 0.815 bits per heavy atom. The number of benzene rings is 2. The topological polar surface area (TPSA) is 185 Å². The number of amides is 7. The molecule has 7 amide bonds. The van der Waals surface area contributed by atoms with Gasteiger partial charge in [-0.15, -0.1) is 0 Å². The minimum Gasteiger partial charge on any atom is -0.352 e. The van der Waals surface area contributed by atoms with Crippen LogP contribution in [0, 0.1) is 17.7 Å². The molecule has 2 saturated heterocycles. The molecule has 290 valence electrons. The van der Waals surface area contributed by atoms with Crippen LogP contribution in [0.4, 0.5) is 20.7 Å². The van der Waals surface area contributed by atoms with Crippen LogP contribution < -0.4 is 31.5 Å². The number of fused-ring (bicyclic) bond motifs is 1. The minimum absolute atomic E-state index is 0.0605. The predicted octanol–water partition coefficient (Wildman–Crippen LogP) is 2.29. The SMILES string of the molecule is CC(C)[C@H](NC(=O)CNC(=O)Nc1ccccc1F)C(=O)NCC(=O)N[C@H](C(=O)N1CCC[C@H]1C(=O)N1CCN(c2nsc3ccccc23)CC1)C(C)C. The Kier molecular flexibility index (Phi) is 13.4. The summed E-state index contributed by atoms with van der Waals surface area (Å²) in [4.78, 5) is 84.0. The molecule has 3 aromatic rings.